The summed E-state index contributed by atoms with van der Waals surface area (Å²) in [6.45, 7) is 15.2. The summed E-state index contributed by atoms with van der Waals surface area (Å²) in [5.41, 5.74) is 0.756. The molecule has 0 aromatic carbocycles. The molecular weight excluding hydrogens is 182 g/mol. The Balaban J connectivity index is 2.48. The first-order valence-corrected chi connectivity index (χ1v) is 6.45. The van der Waals surface area contributed by atoms with Crippen LogP contribution in [0.3, 0.4) is 0 Å². The van der Waals surface area contributed by atoms with Gasteiger partial charge in [0.1, 0.15) is 0 Å². The smallest absolute Gasteiger partial charge is 0.00966 e. The fourth-order valence-electron chi connectivity index (χ4n) is 2.86. The van der Waals surface area contributed by atoms with Crippen molar-refractivity contribution < 1.29 is 0 Å². The van der Waals surface area contributed by atoms with E-state index in [1.807, 2.05) is 0 Å². The van der Waals surface area contributed by atoms with Gasteiger partial charge in [-0.25, -0.2) is 0 Å². The summed E-state index contributed by atoms with van der Waals surface area (Å²) in [5, 5.41) is 3.67. The van der Waals surface area contributed by atoms with E-state index in [4.69, 9.17) is 0 Å². The maximum Gasteiger partial charge on any atom is 0.00966 e. The number of hydrogen-bond donors (Lipinski definition) is 1. The Morgan fingerprint density at radius 2 is 1.60 bits per heavy atom. The number of hydrogen-bond acceptors (Lipinski definition) is 1. The monoisotopic (exact) mass is 211 g/mol. The molecule has 0 amide bonds. The summed E-state index contributed by atoms with van der Waals surface area (Å²) in [4.78, 5) is 0. The molecule has 90 valence electrons. The summed E-state index contributed by atoms with van der Waals surface area (Å²) in [5.74, 6) is 1.80. The van der Waals surface area contributed by atoms with Crippen LogP contribution in [-0.4, -0.2) is 12.1 Å². The van der Waals surface area contributed by atoms with E-state index in [0.717, 1.165) is 11.8 Å². The Morgan fingerprint density at radius 3 is 2.07 bits per heavy atom. The molecule has 2 unspecified atom stereocenters. The van der Waals surface area contributed by atoms with Crippen molar-refractivity contribution in [3.63, 3.8) is 0 Å². The van der Waals surface area contributed by atoms with E-state index < -0.39 is 0 Å². The first-order chi connectivity index (χ1) is 6.70. The Labute approximate surface area is 96.0 Å². The Morgan fingerprint density at radius 1 is 1.00 bits per heavy atom. The summed E-state index contributed by atoms with van der Waals surface area (Å²) >= 11 is 0. The molecule has 1 rings (SSSR count). The predicted molar refractivity (Wildman–Crippen MR) is 68.0 cm³/mol. The molecule has 0 radical (unpaired) electrons. The molecule has 1 N–H and O–H groups in total. The van der Waals surface area contributed by atoms with E-state index in [2.05, 4.69) is 46.9 Å². The summed E-state index contributed by atoms with van der Waals surface area (Å²) in [7, 11) is 0. The van der Waals surface area contributed by atoms with Gasteiger partial charge in [0.2, 0.25) is 0 Å². The van der Waals surface area contributed by atoms with Crippen LogP contribution in [0, 0.1) is 17.3 Å². The van der Waals surface area contributed by atoms with Crippen molar-refractivity contribution in [3.05, 3.63) is 0 Å². The van der Waals surface area contributed by atoms with Crippen LogP contribution in [0.1, 0.15) is 60.8 Å². The first-order valence-electron chi connectivity index (χ1n) is 6.45. The highest BCUT2D eigenvalue weighted by Crippen LogP contribution is 2.43. The number of rotatable bonds is 2. The second-order valence-corrected chi connectivity index (χ2v) is 7.29. The van der Waals surface area contributed by atoms with Gasteiger partial charge < -0.3 is 5.32 Å². The molecule has 15 heavy (non-hydrogen) atoms. The zero-order chi connectivity index (χ0) is 11.7. The molecule has 2 atom stereocenters. The van der Waals surface area contributed by atoms with Gasteiger partial charge in [0.25, 0.3) is 0 Å². The van der Waals surface area contributed by atoms with E-state index in [0.29, 0.717) is 5.41 Å². The molecule has 1 fully saturated rings. The van der Waals surface area contributed by atoms with Crippen LogP contribution in [0.4, 0.5) is 0 Å². The highest BCUT2D eigenvalue weighted by Gasteiger charge is 2.35. The maximum absolute atomic E-state index is 3.67. The second-order valence-electron chi connectivity index (χ2n) is 7.29. The Kier molecular flexibility index (Phi) is 3.86. The van der Waals surface area contributed by atoms with Crippen molar-refractivity contribution in [2.75, 3.05) is 6.54 Å². The molecule has 1 aliphatic rings. The average Bonchev–Trinajstić information content (AvgIpc) is 2.45. The molecule has 1 heteroatoms. The normalized spacial score (nSPS) is 28.4. The quantitative estimate of drug-likeness (QED) is 0.732. The largest absolute Gasteiger partial charge is 0.312 e. The van der Waals surface area contributed by atoms with Gasteiger partial charge in [-0.15, -0.1) is 0 Å². The number of nitrogens with one attached hydrogen (secondary N) is 1. The van der Waals surface area contributed by atoms with E-state index in [9.17, 15) is 0 Å². The van der Waals surface area contributed by atoms with Gasteiger partial charge in [-0.2, -0.15) is 0 Å². The molecule has 0 heterocycles. The molecular formula is C14H29N. The van der Waals surface area contributed by atoms with Crippen molar-refractivity contribution in [2.24, 2.45) is 17.3 Å². The Hall–Kier alpha value is -0.0400. The van der Waals surface area contributed by atoms with Gasteiger partial charge in [0, 0.05) is 5.54 Å². The third kappa shape index (κ3) is 4.14. The minimum absolute atomic E-state index is 0.269. The van der Waals surface area contributed by atoms with Crippen LogP contribution in [0.15, 0.2) is 0 Å². The van der Waals surface area contributed by atoms with Crippen LogP contribution in [0.2, 0.25) is 0 Å². The van der Waals surface area contributed by atoms with Crippen molar-refractivity contribution in [1.82, 2.24) is 5.32 Å². The molecule has 1 aliphatic carbocycles. The minimum atomic E-state index is 0.269. The third-order valence-electron chi connectivity index (χ3n) is 3.67. The molecule has 0 aliphatic heterocycles. The van der Waals surface area contributed by atoms with Gasteiger partial charge in [-0.05, 0) is 57.4 Å². The molecule has 1 saturated carbocycles. The van der Waals surface area contributed by atoms with Gasteiger partial charge in [-0.3, -0.25) is 0 Å². The van der Waals surface area contributed by atoms with Crippen LogP contribution >= 0.6 is 0 Å². The standard InChI is InChI=1S/C14H29N/c1-13(2,3)12-9-7-8-11(12)10-15-14(4,5)6/h11-12,15H,7-10H2,1-6H3. The van der Waals surface area contributed by atoms with Gasteiger partial charge in [0.15, 0.2) is 0 Å². The molecule has 0 aromatic heterocycles. The van der Waals surface area contributed by atoms with Gasteiger partial charge >= 0.3 is 0 Å². The van der Waals surface area contributed by atoms with E-state index in [1.54, 1.807) is 0 Å². The van der Waals surface area contributed by atoms with Crippen LogP contribution in [-0.2, 0) is 0 Å². The van der Waals surface area contributed by atoms with E-state index >= 15 is 0 Å². The summed E-state index contributed by atoms with van der Waals surface area (Å²) < 4.78 is 0. The predicted octanol–water partition coefficient (Wildman–Crippen LogP) is 3.84. The van der Waals surface area contributed by atoms with Crippen molar-refractivity contribution in [3.8, 4) is 0 Å². The zero-order valence-corrected chi connectivity index (χ0v) is 11.5. The second kappa shape index (κ2) is 4.45. The summed E-state index contributed by atoms with van der Waals surface area (Å²) in [6, 6.07) is 0. The van der Waals surface area contributed by atoms with Gasteiger partial charge in [0.05, 0.1) is 0 Å². The third-order valence-corrected chi connectivity index (χ3v) is 3.67. The topological polar surface area (TPSA) is 12.0 Å². The minimum Gasteiger partial charge on any atom is -0.312 e. The van der Waals surface area contributed by atoms with Crippen LogP contribution in [0.5, 0.6) is 0 Å². The van der Waals surface area contributed by atoms with Crippen molar-refractivity contribution in [1.29, 1.82) is 0 Å². The average molecular weight is 211 g/mol. The van der Waals surface area contributed by atoms with E-state index in [-0.39, 0.29) is 5.54 Å². The highest BCUT2D eigenvalue weighted by atomic mass is 14.9. The SMILES string of the molecule is CC(C)(C)NCC1CCCC1C(C)(C)C. The fraction of sp³-hybridized carbons (Fsp3) is 1.00. The molecule has 0 aromatic rings. The lowest BCUT2D eigenvalue weighted by molar-refractivity contribution is 0.175. The maximum atomic E-state index is 3.67. The summed E-state index contributed by atoms with van der Waals surface area (Å²) in [6.07, 6.45) is 4.28. The fourth-order valence-corrected chi connectivity index (χ4v) is 2.86. The van der Waals surface area contributed by atoms with Crippen LogP contribution in [0.25, 0.3) is 0 Å². The van der Waals surface area contributed by atoms with Gasteiger partial charge in [-0.1, -0.05) is 27.2 Å². The molecule has 1 nitrogen and oxygen atoms in total. The molecule has 0 bridgehead atoms. The van der Waals surface area contributed by atoms with E-state index in [1.165, 1.54) is 25.8 Å². The first kappa shape index (κ1) is 13.0. The van der Waals surface area contributed by atoms with Crippen molar-refractivity contribution in [2.45, 2.75) is 66.3 Å². The van der Waals surface area contributed by atoms with Crippen molar-refractivity contribution >= 4 is 0 Å². The highest BCUT2D eigenvalue weighted by molar-refractivity contribution is 4.88. The lowest BCUT2D eigenvalue weighted by Crippen LogP contribution is -2.41. The lowest BCUT2D eigenvalue weighted by Gasteiger charge is -2.34. The lowest BCUT2D eigenvalue weighted by atomic mass is 9.74. The molecule has 0 saturated heterocycles. The zero-order valence-electron chi connectivity index (χ0n) is 11.5. The Bertz CT molecular complexity index is 194. The molecule has 0 spiro atoms. The van der Waals surface area contributed by atoms with Crippen LogP contribution < -0.4 is 5.32 Å².